The van der Waals surface area contributed by atoms with Crippen LogP contribution >= 0.6 is 0 Å². The highest BCUT2D eigenvalue weighted by Crippen LogP contribution is 2.10. The maximum absolute atomic E-state index is 10.7. The van der Waals surface area contributed by atoms with E-state index in [0.29, 0.717) is 12.4 Å². The zero-order chi connectivity index (χ0) is 14.2. The number of ether oxygens (including phenoxy) is 2. The third-order valence-corrected chi connectivity index (χ3v) is 3.03. The van der Waals surface area contributed by atoms with Gasteiger partial charge in [0.2, 0.25) is 0 Å². The van der Waals surface area contributed by atoms with E-state index in [2.05, 4.69) is 6.92 Å². The van der Waals surface area contributed by atoms with Gasteiger partial charge in [-0.2, -0.15) is 0 Å². The van der Waals surface area contributed by atoms with E-state index < -0.39 is 0 Å². The van der Waals surface area contributed by atoms with Gasteiger partial charge in [0.15, 0.2) is 18.8 Å². The van der Waals surface area contributed by atoms with Crippen LogP contribution in [-0.2, 0) is 14.3 Å². The van der Waals surface area contributed by atoms with Crippen molar-refractivity contribution in [2.24, 2.45) is 0 Å². The van der Waals surface area contributed by atoms with Crippen molar-refractivity contribution >= 4 is 6.29 Å². The molecule has 0 fully saturated rings. The molecule has 3 nitrogen and oxygen atoms in total. The zero-order valence-corrected chi connectivity index (χ0v) is 12.7. The first kappa shape index (κ1) is 18.2. The second-order valence-electron chi connectivity index (χ2n) is 4.74. The van der Waals surface area contributed by atoms with Crippen LogP contribution in [0, 0.1) is 0 Å². The van der Waals surface area contributed by atoms with Crippen LogP contribution in [0.4, 0.5) is 0 Å². The number of hydrogen-bond acceptors (Lipinski definition) is 3. The highest BCUT2D eigenvalue weighted by atomic mass is 16.7. The van der Waals surface area contributed by atoms with Gasteiger partial charge in [-0.05, 0) is 25.8 Å². The number of unbranched alkanes of at least 4 members (excludes halogenated alkanes) is 8. The van der Waals surface area contributed by atoms with Gasteiger partial charge >= 0.3 is 0 Å². The Morgan fingerprint density at radius 1 is 0.947 bits per heavy atom. The molecule has 19 heavy (non-hydrogen) atoms. The quantitative estimate of drug-likeness (QED) is 0.152. The maximum Gasteiger partial charge on any atom is 0.189 e. The lowest BCUT2D eigenvalue weighted by Gasteiger charge is -2.04. The monoisotopic (exact) mass is 270 g/mol. The average Bonchev–Trinajstić information content (AvgIpc) is 2.43. The summed E-state index contributed by atoms with van der Waals surface area (Å²) in [5.41, 5.74) is 0. The Balaban J connectivity index is 3.40. The van der Waals surface area contributed by atoms with Crippen LogP contribution in [0.3, 0.4) is 0 Å². The molecule has 0 N–H and O–H groups in total. The Labute approximate surface area is 118 Å². The van der Waals surface area contributed by atoms with Crippen LogP contribution in [0.15, 0.2) is 11.8 Å². The number of carbonyl (C=O) groups excluding carboxylic acids is 1. The topological polar surface area (TPSA) is 35.5 Å². The molecule has 0 rings (SSSR count). The Bertz CT molecular complexity index is 224. The molecule has 0 aliphatic rings. The summed E-state index contributed by atoms with van der Waals surface area (Å²) in [6, 6.07) is 0. The molecule has 0 bridgehead atoms. The number of allylic oxidation sites excluding steroid dienone is 2. The fraction of sp³-hybridized carbons (Fsp3) is 0.812. The summed E-state index contributed by atoms with van der Waals surface area (Å²) in [4.78, 5) is 10.7. The SMILES string of the molecule is CCCCCCCCCCC=C(C=O)OCOCC. The second-order valence-corrected chi connectivity index (χ2v) is 4.74. The lowest BCUT2D eigenvalue weighted by atomic mass is 10.1. The van der Waals surface area contributed by atoms with Crippen LogP contribution in [0.2, 0.25) is 0 Å². The van der Waals surface area contributed by atoms with Gasteiger partial charge in [0.1, 0.15) is 0 Å². The molecule has 0 unspecified atom stereocenters. The van der Waals surface area contributed by atoms with E-state index in [4.69, 9.17) is 9.47 Å². The van der Waals surface area contributed by atoms with Crippen LogP contribution in [-0.4, -0.2) is 19.7 Å². The van der Waals surface area contributed by atoms with E-state index in [0.717, 1.165) is 19.1 Å². The standard InChI is InChI=1S/C16H30O3/c1-3-5-6-7-8-9-10-11-12-13-16(14-17)19-15-18-4-2/h13-14H,3-12,15H2,1-2H3. The van der Waals surface area contributed by atoms with E-state index in [9.17, 15) is 4.79 Å². The molecular formula is C16H30O3. The molecule has 0 aromatic rings. The molecule has 0 aliphatic carbocycles. The Kier molecular flexibility index (Phi) is 14.6. The van der Waals surface area contributed by atoms with Gasteiger partial charge in [-0.1, -0.05) is 51.9 Å². The van der Waals surface area contributed by atoms with Crippen molar-refractivity contribution in [3.05, 3.63) is 11.8 Å². The number of rotatable bonds is 14. The van der Waals surface area contributed by atoms with Crippen LogP contribution in [0.1, 0.15) is 71.6 Å². The van der Waals surface area contributed by atoms with Crippen molar-refractivity contribution in [2.75, 3.05) is 13.4 Å². The van der Waals surface area contributed by atoms with Crippen molar-refractivity contribution in [1.82, 2.24) is 0 Å². The summed E-state index contributed by atoms with van der Waals surface area (Å²) < 4.78 is 10.2. The average molecular weight is 270 g/mol. The minimum atomic E-state index is 0.165. The molecule has 0 aliphatic heterocycles. The molecule has 0 saturated heterocycles. The van der Waals surface area contributed by atoms with Gasteiger partial charge < -0.3 is 9.47 Å². The fourth-order valence-electron chi connectivity index (χ4n) is 1.86. The van der Waals surface area contributed by atoms with Crippen molar-refractivity contribution in [3.63, 3.8) is 0 Å². The van der Waals surface area contributed by atoms with Crippen LogP contribution in [0.5, 0.6) is 0 Å². The molecule has 0 saturated carbocycles. The fourth-order valence-corrected chi connectivity index (χ4v) is 1.86. The van der Waals surface area contributed by atoms with Gasteiger partial charge in [-0.15, -0.1) is 0 Å². The van der Waals surface area contributed by atoms with Gasteiger partial charge in [-0.3, -0.25) is 4.79 Å². The minimum absolute atomic E-state index is 0.165. The highest BCUT2D eigenvalue weighted by molar-refractivity contribution is 5.69. The van der Waals surface area contributed by atoms with Crippen molar-refractivity contribution in [2.45, 2.75) is 71.6 Å². The molecule has 0 aromatic carbocycles. The van der Waals surface area contributed by atoms with E-state index in [1.165, 1.54) is 44.9 Å². The van der Waals surface area contributed by atoms with Crippen LogP contribution < -0.4 is 0 Å². The van der Waals surface area contributed by atoms with Crippen molar-refractivity contribution in [3.8, 4) is 0 Å². The molecule has 3 heteroatoms. The Hall–Kier alpha value is -0.830. The molecule has 0 aromatic heterocycles. The summed E-state index contributed by atoms with van der Waals surface area (Å²) in [6.45, 7) is 4.90. The largest absolute Gasteiger partial charge is 0.464 e. The van der Waals surface area contributed by atoms with Gasteiger partial charge in [0.25, 0.3) is 0 Å². The predicted molar refractivity (Wildman–Crippen MR) is 79.0 cm³/mol. The molecule has 0 atom stereocenters. The van der Waals surface area contributed by atoms with E-state index in [-0.39, 0.29) is 6.79 Å². The van der Waals surface area contributed by atoms with Gasteiger partial charge in [-0.25, -0.2) is 0 Å². The second kappa shape index (κ2) is 15.2. The van der Waals surface area contributed by atoms with Gasteiger partial charge in [0.05, 0.1) is 0 Å². The molecular weight excluding hydrogens is 240 g/mol. The first-order chi connectivity index (χ1) is 9.35. The summed E-state index contributed by atoms with van der Waals surface area (Å²) in [5.74, 6) is 0.399. The maximum atomic E-state index is 10.7. The molecule has 0 heterocycles. The summed E-state index contributed by atoms with van der Waals surface area (Å²) in [5, 5.41) is 0. The zero-order valence-electron chi connectivity index (χ0n) is 12.7. The first-order valence-corrected chi connectivity index (χ1v) is 7.71. The Morgan fingerprint density at radius 3 is 2.16 bits per heavy atom. The Morgan fingerprint density at radius 2 is 1.58 bits per heavy atom. The summed E-state index contributed by atoms with van der Waals surface area (Å²) in [6.07, 6.45) is 13.9. The smallest absolute Gasteiger partial charge is 0.189 e. The normalized spacial score (nSPS) is 11.6. The van der Waals surface area contributed by atoms with Crippen molar-refractivity contribution in [1.29, 1.82) is 0 Å². The van der Waals surface area contributed by atoms with E-state index in [1.807, 2.05) is 13.0 Å². The summed E-state index contributed by atoms with van der Waals surface area (Å²) >= 11 is 0. The number of aldehydes is 1. The lowest BCUT2D eigenvalue weighted by molar-refractivity contribution is -0.110. The van der Waals surface area contributed by atoms with E-state index >= 15 is 0 Å². The molecule has 112 valence electrons. The molecule has 0 amide bonds. The highest BCUT2D eigenvalue weighted by Gasteiger charge is 1.96. The van der Waals surface area contributed by atoms with Crippen molar-refractivity contribution < 1.29 is 14.3 Å². The molecule has 0 radical (unpaired) electrons. The minimum Gasteiger partial charge on any atom is -0.464 e. The van der Waals surface area contributed by atoms with Crippen LogP contribution in [0.25, 0.3) is 0 Å². The number of carbonyl (C=O) groups is 1. The molecule has 0 spiro atoms. The predicted octanol–water partition coefficient (Wildman–Crippen LogP) is 4.61. The summed E-state index contributed by atoms with van der Waals surface area (Å²) in [7, 11) is 0. The third-order valence-electron chi connectivity index (χ3n) is 3.03. The first-order valence-electron chi connectivity index (χ1n) is 7.71. The third kappa shape index (κ3) is 13.4. The number of hydrogen-bond donors (Lipinski definition) is 0. The lowest BCUT2D eigenvalue weighted by Crippen LogP contribution is -2.00. The van der Waals surface area contributed by atoms with E-state index in [1.54, 1.807) is 0 Å². The van der Waals surface area contributed by atoms with Gasteiger partial charge in [0, 0.05) is 6.61 Å².